The molecule has 0 spiro atoms. The molecule has 0 unspecified atom stereocenters. The summed E-state index contributed by atoms with van der Waals surface area (Å²) in [6.45, 7) is 0. The maximum Gasteiger partial charge on any atom is 0.328 e. The van der Waals surface area contributed by atoms with Gasteiger partial charge in [0.05, 0.1) is 5.69 Å². The number of anilines is 2. The minimum Gasteiger partial charge on any atom is -0.337 e. The van der Waals surface area contributed by atoms with E-state index in [1.54, 1.807) is 6.20 Å². The Kier molecular flexibility index (Phi) is 2.83. The van der Waals surface area contributed by atoms with E-state index in [2.05, 4.69) is 30.6 Å². The Labute approximate surface area is 127 Å². The van der Waals surface area contributed by atoms with Crippen LogP contribution in [0.4, 0.5) is 11.5 Å². The third-order valence-electron chi connectivity index (χ3n) is 3.33. The van der Waals surface area contributed by atoms with Crippen molar-refractivity contribution in [2.45, 2.75) is 0 Å². The predicted octanol–water partition coefficient (Wildman–Crippen LogP) is 1.34. The number of hydrogen-bond donors (Lipinski definition) is 4. The van der Waals surface area contributed by atoms with Gasteiger partial charge >= 0.3 is 5.69 Å². The molecule has 0 amide bonds. The molecule has 23 heavy (non-hydrogen) atoms. The molecule has 0 aliphatic heterocycles. The van der Waals surface area contributed by atoms with Gasteiger partial charge in [0, 0.05) is 11.9 Å². The number of H-pyrrole nitrogens is 3. The van der Waals surface area contributed by atoms with Gasteiger partial charge in [0.15, 0.2) is 5.82 Å². The van der Waals surface area contributed by atoms with Crippen LogP contribution in [0, 0.1) is 0 Å². The number of nitrogens with one attached hydrogen (secondary N) is 4. The summed E-state index contributed by atoms with van der Waals surface area (Å²) in [6.07, 6.45) is 1.68. The van der Waals surface area contributed by atoms with Crippen molar-refractivity contribution < 1.29 is 4.52 Å². The normalized spacial score (nSPS) is 11.0. The highest BCUT2D eigenvalue weighted by Gasteiger charge is 2.13. The van der Waals surface area contributed by atoms with Crippen LogP contribution in [0.5, 0.6) is 0 Å². The zero-order valence-corrected chi connectivity index (χ0v) is 11.6. The van der Waals surface area contributed by atoms with E-state index in [9.17, 15) is 9.59 Å². The smallest absolute Gasteiger partial charge is 0.328 e. The van der Waals surface area contributed by atoms with E-state index in [1.807, 2.05) is 30.3 Å². The van der Waals surface area contributed by atoms with Gasteiger partial charge in [-0.15, -0.1) is 0 Å². The van der Waals surface area contributed by atoms with Gasteiger partial charge in [0.2, 0.25) is 5.71 Å². The van der Waals surface area contributed by atoms with Crippen molar-refractivity contribution in [1.29, 1.82) is 0 Å². The van der Waals surface area contributed by atoms with Crippen molar-refractivity contribution in [1.82, 2.24) is 25.3 Å². The van der Waals surface area contributed by atoms with Gasteiger partial charge in [0.1, 0.15) is 5.39 Å². The van der Waals surface area contributed by atoms with Crippen LogP contribution >= 0.6 is 0 Å². The Hall–Kier alpha value is -3.62. The summed E-state index contributed by atoms with van der Waals surface area (Å²) in [5, 5.41) is 13.7. The van der Waals surface area contributed by atoms with Crippen molar-refractivity contribution in [2.24, 2.45) is 0 Å². The van der Waals surface area contributed by atoms with Gasteiger partial charge in [0.25, 0.3) is 5.56 Å². The van der Waals surface area contributed by atoms with Crippen LogP contribution in [0.3, 0.4) is 0 Å². The van der Waals surface area contributed by atoms with Crippen LogP contribution in [0.2, 0.25) is 0 Å². The molecule has 4 aromatic rings. The van der Waals surface area contributed by atoms with Crippen LogP contribution in [0.1, 0.15) is 0 Å². The molecule has 3 aromatic heterocycles. The SMILES string of the molecule is O=c1[nH]c(=O)c2c(Nc3ccc(-c4ccn[nH]4)cc3)noc2[nH]1. The number of rotatable bonds is 3. The molecule has 9 nitrogen and oxygen atoms in total. The highest BCUT2D eigenvalue weighted by Crippen LogP contribution is 2.23. The van der Waals surface area contributed by atoms with Crippen molar-refractivity contribution in [3.63, 3.8) is 0 Å². The molecular formula is C14H10N6O3. The van der Waals surface area contributed by atoms with Gasteiger partial charge in [-0.05, 0) is 23.8 Å². The lowest BCUT2D eigenvalue weighted by Crippen LogP contribution is -2.21. The summed E-state index contributed by atoms with van der Waals surface area (Å²) in [4.78, 5) is 27.6. The molecule has 4 N–H and O–H groups in total. The van der Waals surface area contributed by atoms with E-state index in [4.69, 9.17) is 4.52 Å². The molecule has 0 atom stereocenters. The van der Waals surface area contributed by atoms with Gasteiger partial charge in [-0.2, -0.15) is 5.10 Å². The van der Waals surface area contributed by atoms with E-state index in [-0.39, 0.29) is 16.9 Å². The first-order chi connectivity index (χ1) is 11.2. The molecule has 0 saturated carbocycles. The highest BCUT2D eigenvalue weighted by atomic mass is 16.5. The van der Waals surface area contributed by atoms with Crippen LogP contribution in [-0.2, 0) is 0 Å². The van der Waals surface area contributed by atoms with Crippen LogP contribution in [0.15, 0.2) is 50.6 Å². The summed E-state index contributed by atoms with van der Waals surface area (Å²) in [5.74, 6) is 0.229. The maximum absolute atomic E-state index is 11.9. The van der Waals surface area contributed by atoms with E-state index >= 15 is 0 Å². The Morgan fingerprint density at radius 2 is 1.87 bits per heavy atom. The molecule has 3 heterocycles. The van der Waals surface area contributed by atoms with E-state index < -0.39 is 11.2 Å². The molecule has 9 heteroatoms. The molecular weight excluding hydrogens is 300 g/mol. The number of benzene rings is 1. The summed E-state index contributed by atoms with van der Waals surface area (Å²) in [6, 6.07) is 9.31. The van der Waals surface area contributed by atoms with Crippen LogP contribution in [0.25, 0.3) is 22.4 Å². The second kappa shape index (κ2) is 4.98. The summed E-state index contributed by atoms with van der Waals surface area (Å²) in [7, 11) is 0. The molecule has 0 fully saturated rings. The number of hydrogen-bond acceptors (Lipinski definition) is 6. The first-order valence-electron chi connectivity index (χ1n) is 6.69. The molecule has 114 valence electrons. The van der Waals surface area contributed by atoms with Gasteiger partial charge in [-0.1, -0.05) is 17.3 Å². The standard InChI is InChI=1S/C14H10N6O3/c21-12-10-11(20-23-13(10)18-14(22)17-12)16-8-3-1-7(2-4-8)9-5-6-15-19-9/h1-6H,(H,15,19)(H,16,20)(H2,17,18,21,22). The lowest BCUT2D eigenvalue weighted by atomic mass is 10.1. The molecule has 0 aliphatic carbocycles. The lowest BCUT2D eigenvalue weighted by molar-refractivity contribution is 0.451. The number of nitrogens with zero attached hydrogens (tertiary/aromatic N) is 2. The Bertz CT molecular complexity index is 1070. The van der Waals surface area contributed by atoms with E-state index in [1.165, 1.54) is 0 Å². The third-order valence-corrected chi connectivity index (χ3v) is 3.33. The summed E-state index contributed by atoms with van der Waals surface area (Å²) >= 11 is 0. The fourth-order valence-electron chi connectivity index (χ4n) is 2.26. The average molecular weight is 310 g/mol. The number of aromatic amines is 3. The fourth-order valence-corrected chi connectivity index (χ4v) is 2.26. The molecule has 4 rings (SSSR count). The average Bonchev–Trinajstić information content (AvgIpc) is 3.18. The van der Waals surface area contributed by atoms with E-state index in [0.29, 0.717) is 5.69 Å². The monoisotopic (exact) mass is 310 g/mol. The minimum atomic E-state index is -0.644. The van der Waals surface area contributed by atoms with Gasteiger partial charge in [-0.25, -0.2) is 4.79 Å². The van der Waals surface area contributed by atoms with Gasteiger partial charge in [-0.3, -0.25) is 19.9 Å². The second-order valence-electron chi connectivity index (χ2n) is 4.82. The maximum atomic E-state index is 11.9. The zero-order valence-electron chi connectivity index (χ0n) is 11.6. The Balaban J connectivity index is 1.68. The first kappa shape index (κ1) is 13.1. The third kappa shape index (κ3) is 2.29. The molecule has 0 saturated heterocycles. The molecule has 0 radical (unpaired) electrons. The second-order valence-corrected chi connectivity index (χ2v) is 4.82. The van der Waals surface area contributed by atoms with Crippen molar-refractivity contribution in [2.75, 3.05) is 5.32 Å². The zero-order chi connectivity index (χ0) is 15.8. The van der Waals surface area contributed by atoms with Crippen LogP contribution < -0.4 is 16.6 Å². The number of fused-ring (bicyclic) bond motifs is 1. The Morgan fingerprint density at radius 1 is 1.04 bits per heavy atom. The highest BCUT2D eigenvalue weighted by molar-refractivity contribution is 5.86. The molecule has 0 bridgehead atoms. The van der Waals surface area contributed by atoms with Gasteiger partial charge < -0.3 is 9.84 Å². The number of aromatic nitrogens is 5. The minimum absolute atomic E-state index is 0.0235. The molecule has 0 aliphatic rings. The fraction of sp³-hybridized carbons (Fsp3) is 0. The molecule has 1 aromatic carbocycles. The predicted molar refractivity (Wildman–Crippen MR) is 82.6 cm³/mol. The lowest BCUT2D eigenvalue weighted by Gasteiger charge is -2.03. The van der Waals surface area contributed by atoms with Crippen LogP contribution in [-0.4, -0.2) is 25.3 Å². The topological polar surface area (TPSA) is 132 Å². The van der Waals surface area contributed by atoms with Crippen molar-refractivity contribution in [3.8, 4) is 11.3 Å². The largest absolute Gasteiger partial charge is 0.337 e. The Morgan fingerprint density at radius 3 is 2.61 bits per heavy atom. The first-order valence-corrected chi connectivity index (χ1v) is 6.69. The quantitative estimate of drug-likeness (QED) is 0.451. The summed E-state index contributed by atoms with van der Waals surface area (Å²) in [5.41, 5.74) is 1.40. The summed E-state index contributed by atoms with van der Waals surface area (Å²) < 4.78 is 4.96. The van der Waals surface area contributed by atoms with Crippen molar-refractivity contribution >= 4 is 22.6 Å². The van der Waals surface area contributed by atoms with E-state index in [0.717, 1.165) is 11.3 Å². The van der Waals surface area contributed by atoms with Crippen molar-refractivity contribution in [3.05, 3.63) is 57.4 Å².